The van der Waals surface area contributed by atoms with Crippen molar-refractivity contribution in [1.82, 2.24) is 0 Å². The van der Waals surface area contributed by atoms with Crippen molar-refractivity contribution in [2.75, 3.05) is 21.3 Å². The first-order valence-corrected chi connectivity index (χ1v) is 5.76. The lowest BCUT2D eigenvalue weighted by Gasteiger charge is -2.14. The molecule has 1 aromatic carbocycles. The van der Waals surface area contributed by atoms with E-state index in [4.69, 9.17) is 19.5 Å². The van der Waals surface area contributed by atoms with Gasteiger partial charge in [-0.3, -0.25) is 4.79 Å². The maximum Gasteiger partial charge on any atom is 0.203 e. The Kier molecular flexibility index (Phi) is 5.19. The van der Waals surface area contributed by atoms with E-state index in [0.29, 0.717) is 23.7 Å². The van der Waals surface area contributed by atoms with Crippen molar-refractivity contribution in [1.29, 1.82) is 5.26 Å². The Labute approximate surface area is 112 Å². The third-order valence-electron chi connectivity index (χ3n) is 2.81. The molecule has 0 aliphatic rings. The highest BCUT2D eigenvalue weighted by Crippen LogP contribution is 2.38. The first-order valence-electron chi connectivity index (χ1n) is 5.76. The molecule has 5 nitrogen and oxygen atoms in total. The van der Waals surface area contributed by atoms with E-state index in [0.717, 1.165) is 5.56 Å². The average molecular weight is 263 g/mol. The van der Waals surface area contributed by atoms with Crippen molar-refractivity contribution in [3.63, 3.8) is 0 Å². The van der Waals surface area contributed by atoms with E-state index in [1.54, 1.807) is 12.1 Å². The van der Waals surface area contributed by atoms with E-state index in [2.05, 4.69) is 0 Å². The average Bonchev–Trinajstić information content (AvgIpc) is 2.42. The molecule has 0 aliphatic heterocycles. The van der Waals surface area contributed by atoms with Crippen LogP contribution in [0.25, 0.3) is 0 Å². The van der Waals surface area contributed by atoms with Crippen molar-refractivity contribution in [2.45, 2.75) is 13.3 Å². The van der Waals surface area contributed by atoms with Gasteiger partial charge in [0.2, 0.25) is 5.75 Å². The maximum absolute atomic E-state index is 11.3. The van der Waals surface area contributed by atoms with Gasteiger partial charge >= 0.3 is 0 Å². The van der Waals surface area contributed by atoms with Crippen LogP contribution in [-0.4, -0.2) is 27.1 Å². The predicted octanol–water partition coefficient (Wildman–Crippen LogP) is 1.98. The highest BCUT2D eigenvalue weighted by Gasteiger charge is 2.18. The van der Waals surface area contributed by atoms with Gasteiger partial charge in [-0.25, -0.2) is 0 Å². The lowest BCUT2D eigenvalue weighted by molar-refractivity contribution is -0.119. The first kappa shape index (κ1) is 14.8. The number of hydrogen-bond acceptors (Lipinski definition) is 5. The van der Waals surface area contributed by atoms with Crippen molar-refractivity contribution in [3.8, 4) is 23.3 Å². The fourth-order valence-corrected chi connectivity index (χ4v) is 1.77. The number of rotatable bonds is 6. The van der Waals surface area contributed by atoms with Crippen LogP contribution in [0.5, 0.6) is 17.2 Å². The number of carbonyl (C=O) groups is 1. The third kappa shape index (κ3) is 3.38. The quantitative estimate of drug-likeness (QED) is 0.785. The van der Waals surface area contributed by atoms with Gasteiger partial charge < -0.3 is 14.2 Å². The number of ether oxygens (including phenoxy) is 3. The Bertz CT molecular complexity index is 480. The standard InChI is InChI=1S/C14H17NO4/c1-9(16)11(8-15)5-10-6-12(17-2)14(19-4)13(7-10)18-3/h6-7,11H,5H2,1-4H3/t11-/m0/s1. The van der Waals surface area contributed by atoms with Crippen LogP contribution in [0.15, 0.2) is 12.1 Å². The number of hydrogen-bond donors (Lipinski definition) is 0. The zero-order valence-electron chi connectivity index (χ0n) is 11.5. The molecule has 0 N–H and O–H groups in total. The van der Waals surface area contributed by atoms with Crippen molar-refractivity contribution >= 4 is 5.78 Å². The largest absolute Gasteiger partial charge is 0.493 e. The molecule has 0 spiro atoms. The number of nitriles is 1. The molecule has 19 heavy (non-hydrogen) atoms. The normalized spacial score (nSPS) is 11.3. The van der Waals surface area contributed by atoms with Gasteiger partial charge in [-0.05, 0) is 31.0 Å². The van der Waals surface area contributed by atoms with Crippen LogP contribution in [-0.2, 0) is 11.2 Å². The lowest BCUT2D eigenvalue weighted by Crippen LogP contribution is -2.11. The fraction of sp³-hybridized carbons (Fsp3) is 0.429. The first-order chi connectivity index (χ1) is 9.07. The fourth-order valence-electron chi connectivity index (χ4n) is 1.77. The zero-order valence-corrected chi connectivity index (χ0v) is 11.5. The van der Waals surface area contributed by atoms with Gasteiger partial charge in [0.05, 0.1) is 27.4 Å². The summed E-state index contributed by atoms with van der Waals surface area (Å²) >= 11 is 0. The number of methoxy groups -OCH3 is 3. The monoisotopic (exact) mass is 263 g/mol. The second-order valence-electron chi connectivity index (χ2n) is 4.03. The smallest absolute Gasteiger partial charge is 0.203 e. The predicted molar refractivity (Wildman–Crippen MR) is 69.6 cm³/mol. The molecule has 0 radical (unpaired) electrons. The Hall–Kier alpha value is -2.22. The highest BCUT2D eigenvalue weighted by atomic mass is 16.5. The van der Waals surface area contributed by atoms with E-state index in [1.807, 2.05) is 6.07 Å². The highest BCUT2D eigenvalue weighted by molar-refractivity contribution is 5.81. The summed E-state index contributed by atoms with van der Waals surface area (Å²) in [7, 11) is 4.56. The van der Waals surface area contributed by atoms with Crippen LogP contribution in [0.3, 0.4) is 0 Å². The summed E-state index contributed by atoms with van der Waals surface area (Å²) in [6, 6.07) is 5.48. The Morgan fingerprint density at radius 1 is 1.21 bits per heavy atom. The van der Waals surface area contributed by atoms with E-state index in [-0.39, 0.29) is 5.78 Å². The maximum atomic E-state index is 11.3. The van der Waals surface area contributed by atoms with Crippen LogP contribution in [0.4, 0.5) is 0 Å². The number of Topliss-reactive ketones (excluding diaryl/α,β-unsaturated/α-hetero) is 1. The Morgan fingerprint density at radius 2 is 1.74 bits per heavy atom. The third-order valence-corrected chi connectivity index (χ3v) is 2.81. The van der Waals surface area contributed by atoms with Crippen LogP contribution in [0.1, 0.15) is 12.5 Å². The van der Waals surface area contributed by atoms with Crippen molar-refractivity contribution in [3.05, 3.63) is 17.7 Å². The molecule has 0 saturated carbocycles. The molecule has 0 unspecified atom stereocenters. The summed E-state index contributed by atoms with van der Waals surface area (Å²) in [6.45, 7) is 1.41. The van der Waals surface area contributed by atoms with Gasteiger partial charge in [0.15, 0.2) is 11.5 Å². The Balaban J connectivity index is 3.16. The summed E-state index contributed by atoms with van der Waals surface area (Å²) in [4.78, 5) is 11.3. The summed E-state index contributed by atoms with van der Waals surface area (Å²) in [6.07, 6.45) is 0.322. The van der Waals surface area contributed by atoms with Crippen molar-refractivity contribution in [2.24, 2.45) is 5.92 Å². The molecule has 102 valence electrons. The number of carbonyl (C=O) groups excluding carboxylic acids is 1. The van der Waals surface area contributed by atoms with Crippen LogP contribution in [0, 0.1) is 17.2 Å². The van der Waals surface area contributed by atoms with Gasteiger partial charge in [-0.1, -0.05) is 0 Å². The molecule has 0 saturated heterocycles. The molecule has 0 fully saturated rings. The number of nitrogens with zero attached hydrogens (tertiary/aromatic N) is 1. The number of benzene rings is 1. The van der Waals surface area contributed by atoms with Crippen LogP contribution < -0.4 is 14.2 Å². The van der Waals surface area contributed by atoms with E-state index in [1.165, 1.54) is 28.3 Å². The minimum atomic E-state index is -0.664. The SMILES string of the molecule is COc1cc(C[C@@H](C#N)C(C)=O)cc(OC)c1OC. The van der Waals surface area contributed by atoms with Gasteiger partial charge in [-0.15, -0.1) is 0 Å². The molecular weight excluding hydrogens is 246 g/mol. The van der Waals surface area contributed by atoms with Crippen LogP contribution >= 0.6 is 0 Å². The van der Waals surface area contributed by atoms with E-state index < -0.39 is 5.92 Å². The second-order valence-corrected chi connectivity index (χ2v) is 4.03. The molecule has 1 aromatic rings. The second kappa shape index (κ2) is 6.64. The zero-order chi connectivity index (χ0) is 14.4. The van der Waals surface area contributed by atoms with Crippen LogP contribution in [0.2, 0.25) is 0 Å². The van der Waals surface area contributed by atoms with Gasteiger partial charge in [0.1, 0.15) is 11.7 Å². The summed E-state index contributed by atoms with van der Waals surface area (Å²) < 4.78 is 15.7. The van der Waals surface area contributed by atoms with Gasteiger partial charge in [-0.2, -0.15) is 5.26 Å². The van der Waals surface area contributed by atoms with Crippen molar-refractivity contribution < 1.29 is 19.0 Å². The van der Waals surface area contributed by atoms with E-state index >= 15 is 0 Å². The molecule has 0 aliphatic carbocycles. The van der Waals surface area contributed by atoms with E-state index in [9.17, 15) is 4.79 Å². The van der Waals surface area contributed by atoms with Gasteiger partial charge in [0.25, 0.3) is 0 Å². The number of ketones is 1. The lowest BCUT2D eigenvalue weighted by atomic mass is 9.97. The molecular formula is C14H17NO4. The molecule has 0 amide bonds. The molecule has 1 rings (SSSR count). The minimum Gasteiger partial charge on any atom is -0.493 e. The van der Waals surface area contributed by atoms with Gasteiger partial charge in [0, 0.05) is 0 Å². The molecule has 1 atom stereocenters. The molecule has 0 aromatic heterocycles. The molecule has 0 bridgehead atoms. The molecule has 0 heterocycles. The topological polar surface area (TPSA) is 68.5 Å². The summed E-state index contributed by atoms with van der Waals surface area (Å²) in [5.74, 6) is 0.693. The summed E-state index contributed by atoms with van der Waals surface area (Å²) in [5.41, 5.74) is 0.788. The molecule has 5 heteroatoms. The summed E-state index contributed by atoms with van der Waals surface area (Å²) in [5, 5.41) is 8.95. The Morgan fingerprint density at radius 3 is 2.05 bits per heavy atom. The minimum absolute atomic E-state index is 0.156.